The van der Waals surface area contributed by atoms with Crippen LogP contribution in [0.4, 0.5) is 0 Å². The first-order valence-electron chi connectivity index (χ1n) is 5.68. The minimum atomic E-state index is -0.157. The molecule has 0 aliphatic carbocycles. The predicted octanol–water partition coefficient (Wildman–Crippen LogP) is 1.85. The molecule has 1 saturated heterocycles. The summed E-state index contributed by atoms with van der Waals surface area (Å²) in [6.07, 6.45) is 0.623. The molecule has 0 aromatic carbocycles. The molecule has 0 spiro atoms. The lowest BCUT2D eigenvalue weighted by Crippen LogP contribution is -2.57. The zero-order chi connectivity index (χ0) is 11.7. The van der Waals surface area contributed by atoms with E-state index < -0.39 is 0 Å². The summed E-state index contributed by atoms with van der Waals surface area (Å²) in [5.41, 5.74) is -0.314. The van der Waals surface area contributed by atoms with Crippen molar-refractivity contribution in [3.63, 3.8) is 0 Å². The zero-order valence-corrected chi connectivity index (χ0v) is 10.6. The Balaban J connectivity index is 2.63. The quantitative estimate of drug-likeness (QED) is 0.716. The third-order valence-corrected chi connectivity index (χ3v) is 2.56. The van der Waals surface area contributed by atoms with Crippen LogP contribution < -0.4 is 0 Å². The number of nitrogens with zero attached hydrogens (tertiary/aromatic N) is 1. The molecule has 1 rings (SSSR count). The highest BCUT2D eigenvalue weighted by atomic mass is 16.5. The molecule has 0 radical (unpaired) electrons. The maximum atomic E-state index is 11.4. The van der Waals surface area contributed by atoms with Gasteiger partial charge in [0.25, 0.3) is 0 Å². The van der Waals surface area contributed by atoms with E-state index in [0.29, 0.717) is 18.7 Å². The maximum Gasteiger partial charge on any atom is 0.146 e. The Hall–Kier alpha value is -0.410. The molecule has 0 unspecified atom stereocenters. The van der Waals surface area contributed by atoms with E-state index in [9.17, 15) is 4.79 Å². The lowest BCUT2D eigenvalue weighted by atomic mass is 9.98. The van der Waals surface area contributed by atoms with Gasteiger partial charge in [-0.25, -0.2) is 0 Å². The SMILES string of the molecule is CCC(=O)CN1CC(C)(C)OC(C)(C)C1. The van der Waals surface area contributed by atoms with Gasteiger partial charge in [0.2, 0.25) is 0 Å². The molecule has 0 atom stereocenters. The molecule has 0 bridgehead atoms. The number of Topliss-reactive ketones (excluding diaryl/α,β-unsaturated/α-hetero) is 1. The van der Waals surface area contributed by atoms with Crippen molar-refractivity contribution in [3.05, 3.63) is 0 Å². The van der Waals surface area contributed by atoms with E-state index in [4.69, 9.17) is 4.74 Å². The van der Waals surface area contributed by atoms with E-state index in [1.165, 1.54) is 0 Å². The van der Waals surface area contributed by atoms with Crippen LogP contribution in [0.1, 0.15) is 41.0 Å². The molecule has 15 heavy (non-hydrogen) atoms. The van der Waals surface area contributed by atoms with E-state index in [-0.39, 0.29) is 11.2 Å². The van der Waals surface area contributed by atoms with E-state index in [1.807, 2.05) is 6.92 Å². The standard InChI is InChI=1S/C12H23NO2/c1-6-10(14)7-13-8-11(2,3)15-12(4,5)9-13/h6-9H2,1-5H3. The van der Waals surface area contributed by atoms with E-state index in [0.717, 1.165) is 13.1 Å². The van der Waals surface area contributed by atoms with Gasteiger partial charge in [-0.15, -0.1) is 0 Å². The van der Waals surface area contributed by atoms with Crippen LogP contribution in [0.25, 0.3) is 0 Å². The van der Waals surface area contributed by atoms with Crippen LogP contribution in [0.5, 0.6) is 0 Å². The molecule has 0 aromatic heterocycles. The van der Waals surface area contributed by atoms with Gasteiger partial charge in [-0.05, 0) is 27.7 Å². The first kappa shape index (κ1) is 12.7. The minimum absolute atomic E-state index is 0.157. The van der Waals surface area contributed by atoms with Crippen LogP contribution >= 0.6 is 0 Å². The third kappa shape index (κ3) is 3.92. The summed E-state index contributed by atoms with van der Waals surface area (Å²) in [4.78, 5) is 13.6. The molecule has 1 aliphatic rings. The average Bonchev–Trinajstić information content (AvgIpc) is 1.97. The molecule has 0 N–H and O–H groups in total. The Bertz CT molecular complexity index is 230. The summed E-state index contributed by atoms with van der Waals surface area (Å²) in [5, 5.41) is 0. The number of ether oxygens (including phenoxy) is 1. The summed E-state index contributed by atoms with van der Waals surface area (Å²) in [6, 6.07) is 0. The normalized spacial score (nSPS) is 25.1. The number of morpholine rings is 1. The van der Waals surface area contributed by atoms with Gasteiger partial charge >= 0.3 is 0 Å². The number of hydrogen-bond acceptors (Lipinski definition) is 3. The van der Waals surface area contributed by atoms with Crippen molar-refractivity contribution in [2.75, 3.05) is 19.6 Å². The topological polar surface area (TPSA) is 29.5 Å². The molecule has 3 heteroatoms. The summed E-state index contributed by atoms with van der Waals surface area (Å²) in [7, 11) is 0. The fourth-order valence-electron chi connectivity index (χ4n) is 2.42. The van der Waals surface area contributed by atoms with Crippen LogP contribution in [-0.2, 0) is 9.53 Å². The van der Waals surface area contributed by atoms with Gasteiger partial charge in [-0.3, -0.25) is 9.69 Å². The number of ketones is 1. The number of carbonyl (C=O) groups is 1. The predicted molar refractivity (Wildman–Crippen MR) is 61.0 cm³/mol. The van der Waals surface area contributed by atoms with Gasteiger partial charge in [0.05, 0.1) is 17.7 Å². The molecule has 88 valence electrons. The Kier molecular flexibility index (Phi) is 3.56. The van der Waals surface area contributed by atoms with E-state index in [1.54, 1.807) is 0 Å². The molecule has 1 aliphatic heterocycles. The Morgan fingerprint density at radius 3 is 2.07 bits per heavy atom. The summed E-state index contributed by atoms with van der Waals surface area (Å²) in [5.74, 6) is 0.309. The van der Waals surface area contributed by atoms with Crippen molar-refractivity contribution in [1.29, 1.82) is 0 Å². The van der Waals surface area contributed by atoms with Crippen molar-refractivity contribution >= 4 is 5.78 Å². The van der Waals surface area contributed by atoms with Crippen molar-refractivity contribution < 1.29 is 9.53 Å². The molecular formula is C12H23NO2. The molecular weight excluding hydrogens is 190 g/mol. The second kappa shape index (κ2) is 4.22. The molecule has 0 amide bonds. The van der Waals surface area contributed by atoms with E-state index >= 15 is 0 Å². The molecule has 1 fully saturated rings. The minimum Gasteiger partial charge on any atom is -0.367 e. The highest BCUT2D eigenvalue weighted by molar-refractivity contribution is 5.80. The van der Waals surface area contributed by atoms with Crippen molar-refractivity contribution in [2.24, 2.45) is 0 Å². The fraction of sp³-hybridized carbons (Fsp3) is 0.917. The van der Waals surface area contributed by atoms with Crippen LogP contribution in [0.3, 0.4) is 0 Å². The first-order valence-corrected chi connectivity index (χ1v) is 5.68. The summed E-state index contributed by atoms with van der Waals surface area (Å²) in [6.45, 7) is 12.5. The zero-order valence-electron chi connectivity index (χ0n) is 10.6. The van der Waals surface area contributed by atoms with Gasteiger partial charge in [0.15, 0.2) is 0 Å². The Labute approximate surface area is 92.8 Å². The maximum absolute atomic E-state index is 11.4. The van der Waals surface area contributed by atoms with Gasteiger partial charge < -0.3 is 4.74 Å². The van der Waals surface area contributed by atoms with Crippen molar-refractivity contribution in [3.8, 4) is 0 Å². The fourth-order valence-corrected chi connectivity index (χ4v) is 2.42. The monoisotopic (exact) mass is 213 g/mol. The van der Waals surface area contributed by atoms with Crippen LogP contribution in [0.15, 0.2) is 0 Å². The molecule has 0 saturated carbocycles. The van der Waals surface area contributed by atoms with Gasteiger partial charge in [0.1, 0.15) is 5.78 Å². The highest BCUT2D eigenvalue weighted by Crippen LogP contribution is 2.27. The highest BCUT2D eigenvalue weighted by Gasteiger charge is 2.38. The van der Waals surface area contributed by atoms with Crippen LogP contribution in [-0.4, -0.2) is 41.5 Å². The first-order chi connectivity index (χ1) is 6.74. The molecule has 1 heterocycles. The second-order valence-electron chi connectivity index (χ2n) is 5.66. The van der Waals surface area contributed by atoms with Gasteiger partial charge in [-0.2, -0.15) is 0 Å². The van der Waals surface area contributed by atoms with Crippen molar-refractivity contribution in [1.82, 2.24) is 4.90 Å². The van der Waals surface area contributed by atoms with E-state index in [2.05, 4.69) is 32.6 Å². The van der Waals surface area contributed by atoms with Gasteiger partial charge in [-0.1, -0.05) is 6.92 Å². The summed E-state index contributed by atoms with van der Waals surface area (Å²) >= 11 is 0. The lowest BCUT2D eigenvalue weighted by molar-refractivity contribution is -0.180. The van der Waals surface area contributed by atoms with Crippen LogP contribution in [0.2, 0.25) is 0 Å². The van der Waals surface area contributed by atoms with Crippen molar-refractivity contribution in [2.45, 2.75) is 52.2 Å². The third-order valence-electron chi connectivity index (χ3n) is 2.56. The average molecular weight is 213 g/mol. The number of rotatable bonds is 3. The Morgan fingerprint density at radius 2 is 1.67 bits per heavy atom. The largest absolute Gasteiger partial charge is 0.367 e. The molecule has 3 nitrogen and oxygen atoms in total. The molecule has 0 aromatic rings. The number of hydrogen-bond donors (Lipinski definition) is 0. The second-order valence-corrected chi connectivity index (χ2v) is 5.66. The summed E-state index contributed by atoms with van der Waals surface area (Å²) < 4.78 is 5.95. The van der Waals surface area contributed by atoms with Crippen LogP contribution in [0, 0.1) is 0 Å². The number of carbonyl (C=O) groups excluding carboxylic acids is 1. The van der Waals surface area contributed by atoms with Gasteiger partial charge in [0, 0.05) is 19.5 Å². The smallest absolute Gasteiger partial charge is 0.146 e. The Morgan fingerprint density at radius 1 is 1.20 bits per heavy atom. The lowest BCUT2D eigenvalue weighted by Gasteiger charge is -2.47.